The first-order valence-corrected chi connectivity index (χ1v) is 11.3. The van der Waals surface area contributed by atoms with E-state index in [4.69, 9.17) is 4.74 Å². The van der Waals surface area contributed by atoms with Crippen molar-refractivity contribution in [1.29, 1.82) is 0 Å². The zero-order valence-corrected chi connectivity index (χ0v) is 18.5. The van der Waals surface area contributed by atoms with Gasteiger partial charge in [-0.1, -0.05) is 12.1 Å². The predicted molar refractivity (Wildman–Crippen MR) is 123 cm³/mol. The molecule has 5 nitrogen and oxygen atoms in total. The number of carbonyl (C=O) groups excluding carboxylic acids is 1. The normalized spacial score (nSPS) is 19.0. The molecule has 1 fully saturated rings. The van der Waals surface area contributed by atoms with Gasteiger partial charge in [-0.15, -0.1) is 0 Å². The lowest BCUT2D eigenvalue weighted by Gasteiger charge is -2.38. The number of carbonyl (C=O) groups is 1. The molecule has 2 aliphatic heterocycles. The first kappa shape index (κ1) is 22.4. The zero-order valence-electron chi connectivity index (χ0n) is 18.5. The number of benzene rings is 2. The number of hydrogen-bond acceptors (Lipinski definition) is 5. The summed E-state index contributed by atoms with van der Waals surface area (Å²) in [6.07, 6.45) is -2.64. The molecule has 5 rings (SSSR count). The van der Waals surface area contributed by atoms with Gasteiger partial charge in [0.25, 0.3) is 0 Å². The Balaban J connectivity index is 1.23. The maximum absolute atomic E-state index is 13.2. The van der Waals surface area contributed by atoms with Gasteiger partial charge in [-0.05, 0) is 48.5 Å². The molecule has 0 amide bonds. The zero-order chi connectivity index (χ0) is 23.7. The highest BCUT2D eigenvalue weighted by Crippen LogP contribution is 2.33. The van der Waals surface area contributed by atoms with Crippen molar-refractivity contribution in [2.45, 2.75) is 6.18 Å². The van der Waals surface area contributed by atoms with Crippen LogP contribution in [0.3, 0.4) is 0 Å². The molecule has 1 atom stereocenters. The van der Waals surface area contributed by atoms with Crippen LogP contribution in [-0.4, -0.2) is 55.0 Å². The van der Waals surface area contributed by atoms with Crippen molar-refractivity contribution in [3.63, 3.8) is 0 Å². The first-order valence-electron chi connectivity index (χ1n) is 11.3. The molecule has 1 saturated heterocycles. The fourth-order valence-corrected chi connectivity index (χ4v) is 4.54. The van der Waals surface area contributed by atoms with Gasteiger partial charge in [0.2, 0.25) is 0 Å². The number of ether oxygens (including phenoxy) is 1. The van der Waals surface area contributed by atoms with Gasteiger partial charge in [0.05, 0.1) is 29.3 Å². The number of nitrogens with zero attached hydrogens (tertiary/aromatic N) is 3. The van der Waals surface area contributed by atoms with Crippen molar-refractivity contribution >= 4 is 11.5 Å². The molecule has 8 heteroatoms. The molecule has 3 aromatic rings. The van der Waals surface area contributed by atoms with Gasteiger partial charge in [-0.2, -0.15) is 13.2 Å². The Morgan fingerprint density at radius 3 is 2.53 bits per heavy atom. The highest BCUT2D eigenvalue weighted by Gasteiger charge is 2.33. The topological polar surface area (TPSA) is 45.7 Å². The van der Waals surface area contributed by atoms with Crippen LogP contribution >= 0.6 is 0 Å². The quantitative estimate of drug-likeness (QED) is 0.553. The van der Waals surface area contributed by atoms with Crippen molar-refractivity contribution in [2.75, 3.05) is 44.2 Å². The smallest absolute Gasteiger partial charge is 0.416 e. The molecule has 0 N–H and O–H groups in total. The molecule has 176 valence electrons. The number of aromatic nitrogens is 1. The second kappa shape index (κ2) is 9.10. The van der Waals surface area contributed by atoms with Gasteiger partial charge in [0.1, 0.15) is 5.75 Å². The Morgan fingerprint density at radius 1 is 0.971 bits per heavy atom. The van der Waals surface area contributed by atoms with Crippen LogP contribution in [0, 0.1) is 5.92 Å². The summed E-state index contributed by atoms with van der Waals surface area (Å²) in [6, 6.07) is 16.7. The third-order valence-electron chi connectivity index (χ3n) is 6.41. The van der Waals surface area contributed by atoms with Gasteiger partial charge in [0.15, 0.2) is 5.78 Å². The molecule has 0 bridgehead atoms. The second-order valence-electron chi connectivity index (χ2n) is 8.63. The lowest BCUT2D eigenvalue weighted by atomic mass is 9.92. The SMILES string of the molecule is O=C1c2cc(-c3ccccn3)ccc2OCC1CN1CCN(c2cccc(C(F)(F)F)c2)CC1. The number of rotatable bonds is 4. The molecule has 1 aromatic heterocycles. The Hall–Kier alpha value is -3.39. The van der Waals surface area contributed by atoms with Crippen LogP contribution in [0.15, 0.2) is 66.9 Å². The summed E-state index contributed by atoms with van der Waals surface area (Å²) in [7, 11) is 0. The molecule has 3 heterocycles. The molecule has 0 spiro atoms. The van der Waals surface area contributed by atoms with E-state index in [0.29, 0.717) is 56.3 Å². The minimum absolute atomic E-state index is 0.0549. The molecule has 0 saturated carbocycles. The largest absolute Gasteiger partial charge is 0.492 e. The fourth-order valence-electron chi connectivity index (χ4n) is 4.54. The summed E-state index contributed by atoms with van der Waals surface area (Å²) in [6.45, 7) is 3.42. The van der Waals surface area contributed by atoms with Crippen molar-refractivity contribution in [3.8, 4) is 17.0 Å². The number of Topliss-reactive ketones (excluding diaryl/α,β-unsaturated/α-hetero) is 1. The third kappa shape index (κ3) is 4.63. The Bertz CT molecular complexity index is 1180. The Labute approximate surface area is 195 Å². The maximum atomic E-state index is 13.2. The Morgan fingerprint density at radius 2 is 1.79 bits per heavy atom. The standard InChI is InChI=1S/C26H24F3N3O2/c27-26(28,29)20-4-3-5-21(15-20)32-12-10-31(11-13-32)16-19-17-34-24-8-7-18(14-22(24)25(19)33)23-6-1-2-9-30-23/h1-9,14-15,19H,10-13,16-17H2. The van der Waals surface area contributed by atoms with Crippen molar-refractivity contribution in [3.05, 3.63) is 78.0 Å². The average molecular weight is 467 g/mol. The van der Waals surface area contributed by atoms with Crippen LogP contribution in [0.2, 0.25) is 0 Å². The van der Waals surface area contributed by atoms with E-state index in [1.54, 1.807) is 12.3 Å². The number of pyridine rings is 1. The highest BCUT2D eigenvalue weighted by molar-refractivity contribution is 6.02. The highest BCUT2D eigenvalue weighted by atomic mass is 19.4. The van der Waals surface area contributed by atoms with Gasteiger partial charge in [-0.3, -0.25) is 14.7 Å². The Kier molecular flexibility index (Phi) is 6.00. The monoisotopic (exact) mass is 467 g/mol. The van der Waals surface area contributed by atoms with E-state index in [0.717, 1.165) is 17.3 Å². The van der Waals surface area contributed by atoms with E-state index in [1.807, 2.05) is 41.3 Å². The van der Waals surface area contributed by atoms with Crippen LogP contribution in [0.4, 0.5) is 18.9 Å². The van der Waals surface area contributed by atoms with Crippen molar-refractivity contribution < 1.29 is 22.7 Å². The number of piperazine rings is 1. The number of alkyl halides is 3. The van der Waals surface area contributed by atoms with E-state index < -0.39 is 11.7 Å². The molecule has 34 heavy (non-hydrogen) atoms. The summed E-state index contributed by atoms with van der Waals surface area (Å²) in [5, 5.41) is 0. The average Bonchev–Trinajstić information content (AvgIpc) is 2.86. The van der Waals surface area contributed by atoms with Crippen LogP contribution in [-0.2, 0) is 6.18 Å². The van der Waals surface area contributed by atoms with Crippen molar-refractivity contribution in [2.24, 2.45) is 5.92 Å². The lowest BCUT2D eigenvalue weighted by molar-refractivity contribution is -0.137. The predicted octanol–water partition coefficient (Wildman–Crippen LogP) is 4.78. The van der Waals surface area contributed by atoms with E-state index in [1.165, 1.54) is 12.1 Å². The fraction of sp³-hybridized carbons (Fsp3) is 0.308. The van der Waals surface area contributed by atoms with Gasteiger partial charge < -0.3 is 9.64 Å². The molecule has 1 unspecified atom stereocenters. The lowest BCUT2D eigenvalue weighted by Crippen LogP contribution is -2.49. The summed E-state index contributed by atoms with van der Waals surface area (Å²) >= 11 is 0. The van der Waals surface area contributed by atoms with Crippen molar-refractivity contribution in [1.82, 2.24) is 9.88 Å². The summed E-state index contributed by atoms with van der Waals surface area (Å²) in [4.78, 5) is 21.7. The van der Waals surface area contributed by atoms with Gasteiger partial charge >= 0.3 is 6.18 Å². The van der Waals surface area contributed by atoms with Crippen LogP contribution in [0.5, 0.6) is 5.75 Å². The van der Waals surface area contributed by atoms with E-state index in [-0.39, 0.29) is 11.7 Å². The van der Waals surface area contributed by atoms with Gasteiger partial charge in [-0.25, -0.2) is 0 Å². The summed E-state index contributed by atoms with van der Waals surface area (Å²) in [5.74, 6) is 0.362. The second-order valence-corrected chi connectivity index (χ2v) is 8.63. The minimum Gasteiger partial charge on any atom is -0.492 e. The number of fused-ring (bicyclic) bond motifs is 1. The summed E-state index contributed by atoms with van der Waals surface area (Å²) in [5.41, 5.74) is 2.17. The molecule has 0 aliphatic carbocycles. The molecular weight excluding hydrogens is 443 g/mol. The molecule has 2 aliphatic rings. The molecule has 0 radical (unpaired) electrons. The molecular formula is C26H24F3N3O2. The third-order valence-corrected chi connectivity index (χ3v) is 6.41. The number of anilines is 1. The van der Waals surface area contributed by atoms with E-state index in [9.17, 15) is 18.0 Å². The minimum atomic E-state index is -4.36. The van der Waals surface area contributed by atoms with Crippen LogP contribution < -0.4 is 9.64 Å². The number of hydrogen-bond donors (Lipinski definition) is 0. The maximum Gasteiger partial charge on any atom is 0.416 e. The van der Waals surface area contributed by atoms with E-state index in [2.05, 4.69) is 9.88 Å². The van der Waals surface area contributed by atoms with Crippen LogP contribution in [0.1, 0.15) is 15.9 Å². The number of ketones is 1. The molecule has 2 aromatic carbocycles. The van der Waals surface area contributed by atoms with Gasteiger partial charge in [0, 0.05) is 50.2 Å². The van der Waals surface area contributed by atoms with E-state index >= 15 is 0 Å². The first-order chi connectivity index (χ1) is 16.4. The summed E-state index contributed by atoms with van der Waals surface area (Å²) < 4.78 is 45.0. The van der Waals surface area contributed by atoms with Crippen LogP contribution in [0.25, 0.3) is 11.3 Å². The number of halogens is 3.